The zero-order chi connectivity index (χ0) is 20.2. The molecule has 0 amide bonds. The molecule has 0 aliphatic rings. The number of benzene rings is 2. The molecule has 0 saturated carbocycles. The first-order valence-electron chi connectivity index (χ1n) is 9.75. The third-order valence-electron chi connectivity index (χ3n) is 4.88. The van der Waals surface area contributed by atoms with Gasteiger partial charge in [0.05, 0.1) is 0 Å². The Labute approximate surface area is 182 Å². The van der Waals surface area contributed by atoms with Crippen molar-refractivity contribution in [2.75, 3.05) is 7.11 Å². The van der Waals surface area contributed by atoms with Crippen LogP contribution in [0.2, 0.25) is 0 Å². The summed E-state index contributed by atoms with van der Waals surface area (Å²) in [5.74, 6) is 0.892. The van der Waals surface area contributed by atoms with Gasteiger partial charge in [-0.1, -0.05) is 0 Å². The molecule has 4 rings (SSSR count). The number of nitrogens with zero attached hydrogens (tertiary/aromatic N) is 3. The van der Waals surface area contributed by atoms with Crippen LogP contribution in [0.1, 0.15) is 25.2 Å². The Morgan fingerprint density at radius 1 is 1.03 bits per heavy atom. The standard InChI is InChI=1S/C23H24AsN3OS/c1-4-19-20(5-2)27(15-26-19)17-10-8-9-16(13-17)24-23-25-14-22(29-23)18-11-6-7-12-21(18)28-3/h6-15,24H,4-5H2,1-3H3. The molecule has 0 saturated heterocycles. The number of para-hydroxylation sites is 1. The Balaban J connectivity index is 1.60. The van der Waals surface area contributed by atoms with Crippen molar-refractivity contribution in [3.63, 3.8) is 0 Å². The van der Waals surface area contributed by atoms with Crippen molar-refractivity contribution >= 4 is 35.2 Å². The summed E-state index contributed by atoms with van der Waals surface area (Å²) in [6.07, 6.45) is 5.89. The van der Waals surface area contributed by atoms with Gasteiger partial charge in [-0.05, 0) is 0 Å². The van der Waals surface area contributed by atoms with Crippen molar-refractivity contribution in [3.05, 3.63) is 72.4 Å². The van der Waals surface area contributed by atoms with Crippen LogP contribution in [0.15, 0.2) is 61.1 Å². The van der Waals surface area contributed by atoms with E-state index in [-0.39, 0.29) is 0 Å². The first kappa shape index (κ1) is 19.9. The molecule has 148 valence electrons. The van der Waals surface area contributed by atoms with Gasteiger partial charge in [-0.15, -0.1) is 0 Å². The van der Waals surface area contributed by atoms with E-state index in [1.54, 1.807) is 18.4 Å². The van der Waals surface area contributed by atoms with Gasteiger partial charge in [0.25, 0.3) is 0 Å². The quantitative estimate of drug-likeness (QED) is 0.392. The Hall–Kier alpha value is -2.36. The summed E-state index contributed by atoms with van der Waals surface area (Å²) < 4.78 is 10.3. The predicted octanol–water partition coefficient (Wildman–Crippen LogP) is 3.52. The molecule has 0 N–H and O–H groups in total. The van der Waals surface area contributed by atoms with Crippen LogP contribution in [0, 0.1) is 0 Å². The van der Waals surface area contributed by atoms with Gasteiger partial charge >= 0.3 is 183 Å². The molecule has 4 nitrogen and oxygen atoms in total. The molecule has 4 aromatic rings. The molecule has 0 aliphatic heterocycles. The van der Waals surface area contributed by atoms with E-state index in [9.17, 15) is 0 Å². The van der Waals surface area contributed by atoms with E-state index < -0.39 is 15.8 Å². The van der Waals surface area contributed by atoms with Gasteiger partial charge < -0.3 is 0 Å². The van der Waals surface area contributed by atoms with Gasteiger partial charge in [0, 0.05) is 0 Å². The number of hydrogen-bond acceptors (Lipinski definition) is 4. The molecule has 0 fully saturated rings. The van der Waals surface area contributed by atoms with E-state index in [0.29, 0.717) is 0 Å². The van der Waals surface area contributed by atoms with E-state index in [0.717, 1.165) is 29.0 Å². The summed E-state index contributed by atoms with van der Waals surface area (Å²) >= 11 is 1.27. The van der Waals surface area contributed by atoms with Crippen molar-refractivity contribution in [2.24, 2.45) is 0 Å². The zero-order valence-corrected chi connectivity index (χ0v) is 19.8. The molecule has 2 heterocycles. The molecule has 0 spiro atoms. The molecule has 1 unspecified atom stereocenters. The average Bonchev–Trinajstić information content (AvgIpc) is 3.40. The van der Waals surface area contributed by atoms with Crippen molar-refractivity contribution in [3.8, 4) is 21.9 Å². The monoisotopic (exact) mass is 465 g/mol. The number of rotatable bonds is 7. The Kier molecular flexibility index (Phi) is 6.17. The van der Waals surface area contributed by atoms with Crippen LogP contribution in [-0.4, -0.2) is 37.4 Å². The zero-order valence-electron chi connectivity index (χ0n) is 16.8. The van der Waals surface area contributed by atoms with Crippen LogP contribution in [0.25, 0.3) is 16.1 Å². The van der Waals surface area contributed by atoms with Gasteiger partial charge in [0.1, 0.15) is 0 Å². The van der Waals surface area contributed by atoms with E-state index in [1.807, 2.05) is 30.7 Å². The first-order chi connectivity index (χ1) is 14.2. The van der Waals surface area contributed by atoms with Crippen molar-refractivity contribution in [2.45, 2.75) is 26.7 Å². The van der Waals surface area contributed by atoms with Crippen LogP contribution in [0.5, 0.6) is 5.75 Å². The minimum atomic E-state index is -0.501. The Morgan fingerprint density at radius 2 is 1.90 bits per heavy atom. The summed E-state index contributed by atoms with van der Waals surface area (Å²) in [7, 11) is 1.71. The van der Waals surface area contributed by atoms with Gasteiger partial charge in [0.2, 0.25) is 0 Å². The predicted molar refractivity (Wildman–Crippen MR) is 123 cm³/mol. The number of ether oxygens (including phenoxy) is 1. The molecule has 29 heavy (non-hydrogen) atoms. The van der Waals surface area contributed by atoms with Crippen LogP contribution in [0.4, 0.5) is 0 Å². The topological polar surface area (TPSA) is 39.9 Å². The fraction of sp³-hybridized carbons (Fsp3) is 0.217. The van der Waals surface area contributed by atoms with Crippen LogP contribution in [-0.2, 0) is 12.8 Å². The van der Waals surface area contributed by atoms with Crippen molar-refractivity contribution < 1.29 is 4.74 Å². The Morgan fingerprint density at radius 3 is 2.69 bits per heavy atom. The summed E-state index contributed by atoms with van der Waals surface area (Å²) in [6.45, 7) is 4.36. The maximum atomic E-state index is 5.51. The average molecular weight is 465 g/mol. The summed E-state index contributed by atoms with van der Waals surface area (Å²) in [4.78, 5) is 10.5. The molecule has 0 bridgehead atoms. The van der Waals surface area contributed by atoms with Crippen molar-refractivity contribution in [1.29, 1.82) is 0 Å². The van der Waals surface area contributed by atoms with Gasteiger partial charge in [0.15, 0.2) is 0 Å². The molecule has 2 aromatic carbocycles. The summed E-state index contributed by atoms with van der Waals surface area (Å²) in [6, 6.07) is 16.9. The van der Waals surface area contributed by atoms with Crippen molar-refractivity contribution in [1.82, 2.24) is 14.5 Å². The van der Waals surface area contributed by atoms with Crippen LogP contribution >= 0.6 is 11.3 Å². The second-order valence-electron chi connectivity index (χ2n) is 6.62. The molecular weight excluding hydrogens is 441 g/mol. The Bertz CT molecular complexity index is 1120. The molecule has 0 radical (unpaired) electrons. The second kappa shape index (κ2) is 8.98. The van der Waals surface area contributed by atoms with E-state index >= 15 is 0 Å². The first-order valence-corrected chi connectivity index (χ1v) is 12.7. The molecule has 0 aliphatic carbocycles. The van der Waals surface area contributed by atoms with E-state index in [2.05, 4.69) is 53.7 Å². The number of aromatic nitrogens is 3. The maximum absolute atomic E-state index is 5.51. The fourth-order valence-corrected chi connectivity index (χ4v) is 7.47. The van der Waals surface area contributed by atoms with Gasteiger partial charge in [-0.2, -0.15) is 0 Å². The molecule has 2 aromatic heterocycles. The molecular formula is C23H24AsN3OS. The minimum absolute atomic E-state index is 0.501. The van der Waals surface area contributed by atoms with Gasteiger partial charge in [-0.25, -0.2) is 0 Å². The number of aryl methyl sites for hydroxylation is 1. The van der Waals surface area contributed by atoms with Gasteiger partial charge in [-0.3, -0.25) is 0 Å². The number of methoxy groups -OCH3 is 1. The molecule has 6 heteroatoms. The van der Waals surface area contributed by atoms with E-state index in [1.165, 1.54) is 25.2 Å². The van der Waals surface area contributed by atoms with Crippen LogP contribution in [0.3, 0.4) is 0 Å². The summed E-state index contributed by atoms with van der Waals surface area (Å²) in [5.41, 5.74) is 4.79. The summed E-state index contributed by atoms with van der Waals surface area (Å²) in [5, 5.41) is 0. The third-order valence-corrected chi connectivity index (χ3v) is 8.87. The fourth-order valence-electron chi connectivity index (χ4n) is 3.46. The van der Waals surface area contributed by atoms with E-state index in [4.69, 9.17) is 9.72 Å². The third kappa shape index (κ3) is 4.17. The normalized spacial score (nSPS) is 11.4. The second-order valence-corrected chi connectivity index (χ2v) is 11.1. The number of imidazole rings is 1. The SMILES string of the molecule is CCc1ncn(-c2cccc([AsH]c3ncc(-c4ccccc4OC)s3)c2)c1CC. The molecule has 1 atom stereocenters. The number of hydrogen-bond donors (Lipinski definition) is 0. The van der Waals surface area contributed by atoms with Crippen LogP contribution < -0.4 is 12.9 Å². The number of thiazole rings is 1.